The summed E-state index contributed by atoms with van der Waals surface area (Å²) in [5, 5.41) is 8.20. The number of hydrogen-bond donors (Lipinski definition) is 0. The van der Waals surface area contributed by atoms with E-state index in [9.17, 15) is 9.81 Å². The van der Waals surface area contributed by atoms with Gasteiger partial charge in [0.2, 0.25) is 0 Å². The second kappa shape index (κ2) is 5.92. The zero-order valence-electron chi connectivity index (χ0n) is 11.2. The molecule has 2 rings (SSSR count). The lowest BCUT2D eigenvalue weighted by molar-refractivity contribution is 1.00. The Balaban J connectivity index is 2.23. The summed E-state index contributed by atoms with van der Waals surface area (Å²) in [6.45, 7) is 0. The molecule has 6 nitrogen and oxygen atoms in total. The third kappa shape index (κ3) is 2.80. The number of hydrogen-bond acceptors (Lipinski definition) is 4. The molecule has 2 aromatic rings. The molecule has 0 spiro atoms. The average Bonchev–Trinajstić information content (AvgIpc) is 2.53. The smallest absolute Gasteiger partial charge is 0.0623 e. The van der Waals surface area contributed by atoms with Gasteiger partial charge in [0.25, 0.3) is 0 Å². The van der Waals surface area contributed by atoms with Crippen LogP contribution < -0.4 is 10.0 Å². The number of rotatable bonds is 5. The molecule has 0 aliphatic heterocycles. The monoisotopic (exact) mass is 270 g/mol. The molecule has 0 heterocycles. The van der Waals surface area contributed by atoms with Crippen LogP contribution in [0.25, 0.3) is 11.1 Å². The van der Waals surface area contributed by atoms with Crippen molar-refractivity contribution in [3.8, 4) is 11.1 Å². The third-order valence-corrected chi connectivity index (χ3v) is 3.06. The van der Waals surface area contributed by atoms with Crippen molar-refractivity contribution in [2.45, 2.75) is 0 Å². The van der Waals surface area contributed by atoms with Gasteiger partial charge in [0.15, 0.2) is 0 Å². The molecule has 0 amide bonds. The lowest BCUT2D eigenvalue weighted by Crippen LogP contribution is -2.06. The highest BCUT2D eigenvalue weighted by Gasteiger charge is 2.03. The number of anilines is 2. The van der Waals surface area contributed by atoms with E-state index in [0.29, 0.717) is 0 Å². The standard InChI is InChI=1S/C14H14N4O2/c1-17(15-19)13-7-3-11(4-8-13)12-5-9-14(10-6-12)18(2)16-20/h3-10H,1-2H3. The van der Waals surface area contributed by atoms with Crippen LogP contribution in [-0.4, -0.2) is 14.1 Å². The summed E-state index contributed by atoms with van der Waals surface area (Å²) in [5.41, 5.74) is 3.48. The van der Waals surface area contributed by atoms with E-state index in [-0.39, 0.29) is 0 Å². The Labute approximate surface area is 116 Å². The average molecular weight is 270 g/mol. The van der Waals surface area contributed by atoms with Crippen LogP contribution in [0.3, 0.4) is 0 Å². The van der Waals surface area contributed by atoms with Crippen LogP contribution in [0, 0.1) is 9.81 Å². The first kappa shape index (κ1) is 13.7. The van der Waals surface area contributed by atoms with Gasteiger partial charge < -0.3 is 0 Å². The molecule has 0 N–H and O–H groups in total. The number of benzene rings is 2. The summed E-state index contributed by atoms with van der Waals surface area (Å²) in [7, 11) is 3.19. The molecule has 20 heavy (non-hydrogen) atoms. The Kier molecular flexibility index (Phi) is 4.05. The van der Waals surface area contributed by atoms with E-state index in [4.69, 9.17) is 0 Å². The van der Waals surface area contributed by atoms with Crippen LogP contribution in [0.15, 0.2) is 59.1 Å². The minimum absolute atomic E-state index is 0.727. The van der Waals surface area contributed by atoms with Crippen molar-refractivity contribution in [1.29, 1.82) is 0 Å². The normalized spacial score (nSPS) is 9.90. The molecule has 0 bridgehead atoms. The first-order chi connectivity index (χ1) is 9.65. The zero-order valence-corrected chi connectivity index (χ0v) is 11.2. The van der Waals surface area contributed by atoms with Gasteiger partial charge in [-0.3, -0.25) is 0 Å². The van der Waals surface area contributed by atoms with Crippen molar-refractivity contribution in [2.75, 3.05) is 24.1 Å². The molecule has 2 aromatic carbocycles. The fourth-order valence-corrected chi connectivity index (χ4v) is 1.83. The summed E-state index contributed by atoms with van der Waals surface area (Å²) in [6.07, 6.45) is 0. The lowest BCUT2D eigenvalue weighted by Gasteiger charge is -2.11. The zero-order chi connectivity index (χ0) is 14.5. The summed E-state index contributed by atoms with van der Waals surface area (Å²) < 4.78 is 0. The Morgan fingerprint density at radius 3 is 1.20 bits per heavy atom. The molecule has 0 radical (unpaired) electrons. The topological polar surface area (TPSA) is 65.3 Å². The van der Waals surface area contributed by atoms with Crippen LogP contribution in [0.4, 0.5) is 11.4 Å². The first-order valence-corrected chi connectivity index (χ1v) is 6.00. The van der Waals surface area contributed by atoms with Gasteiger partial charge in [-0.15, -0.1) is 9.81 Å². The maximum absolute atomic E-state index is 10.4. The van der Waals surface area contributed by atoms with Crippen molar-refractivity contribution in [2.24, 2.45) is 10.6 Å². The highest BCUT2D eigenvalue weighted by molar-refractivity contribution is 5.68. The molecule has 0 saturated carbocycles. The molecule has 0 saturated heterocycles. The minimum Gasteiger partial charge on any atom is -0.232 e. The van der Waals surface area contributed by atoms with Gasteiger partial charge in [-0.1, -0.05) is 24.3 Å². The van der Waals surface area contributed by atoms with Crippen molar-refractivity contribution >= 4 is 11.4 Å². The Morgan fingerprint density at radius 2 is 0.950 bits per heavy atom. The van der Waals surface area contributed by atoms with Crippen molar-refractivity contribution in [1.82, 2.24) is 0 Å². The molecular formula is C14H14N4O2. The fraction of sp³-hybridized carbons (Fsp3) is 0.143. The van der Waals surface area contributed by atoms with E-state index in [0.717, 1.165) is 22.5 Å². The van der Waals surface area contributed by atoms with E-state index in [1.54, 1.807) is 14.1 Å². The van der Waals surface area contributed by atoms with Gasteiger partial charge >= 0.3 is 0 Å². The van der Waals surface area contributed by atoms with Crippen LogP contribution >= 0.6 is 0 Å². The van der Waals surface area contributed by atoms with Gasteiger partial charge in [-0.25, -0.2) is 10.0 Å². The molecule has 0 unspecified atom stereocenters. The molecule has 0 aliphatic carbocycles. The fourth-order valence-electron chi connectivity index (χ4n) is 1.83. The molecule has 0 atom stereocenters. The second-order valence-electron chi connectivity index (χ2n) is 4.30. The summed E-state index contributed by atoms with van der Waals surface area (Å²) >= 11 is 0. The SMILES string of the molecule is CN(N=O)c1ccc(-c2ccc(N(C)N=O)cc2)cc1. The Bertz CT molecular complexity index is 540. The highest BCUT2D eigenvalue weighted by atomic mass is 16.3. The molecular weight excluding hydrogens is 256 g/mol. The highest BCUT2D eigenvalue weighted by Crippen LogP contribution is 2.25. The van der Waals surface area contributed by atoms with Crippen molar-refractivity contribution < 1.29 is 0 Å². The molecule has 0 fully saturated rings. The van der Waals surface area contributed by atoms with Crippen LogP contribution in [0.5, 0.6) is 0 Å². The predicted molar refractivity (Wildman–Crippen MR) is 80.3 cm³/mol. The van der Waals surface area contributed by atoms with Crippen LogP contribution in [0.1, 0.15) is 0 Å². The van der Waals surface area contributed by atoms with E-state index < -0.39 is 0 Å². The van der Waals surface area contributed by atoms with Gasteiger partial charge in [-0.05, 0) is 35.4 Å². The summed E-state index contributed by atoms with van der Waals surface area (Å²) in [6, 6.07) is 14.9. The maximum Gasteiger partial charge on any atom is 0.0623 e. The van der Waals surface area contributed by atoms with Gasteiger partial charge in [0.1, 0.15) is 0 Å². The third-order valence-electron chi connectivity index (χ3n) is 3.06. The Hall–Kier alpha value is -2.76. The quantitative estimate of drug-likeness (QED) is 0.615. The molecule has 0 aromatic heterocycles. The van der Waals surface area contributed by atoms with Crippen molar-refractivity contribution in [3.05, 3.63) is 58.3 Å². The van der Waals surface area contributed by atoms with Crippen LogP contribution in [0.2, 0.25) is 0 Å². The van der Waals surface area contributed by atoms with Crippen LogP contribution in [-0.2, 0) is 0 Å². The molecule has 102 valence electrons. The predicted octanol–water partition coefficient (Wildman–Crippen LogP) is 3.59. The van der Waals surface area contributed by atoms with E-state index >= 15 is 0 Å². The van der Waals surface area contributed by atoms with Gasteiger partial charge in [0, 0.05) is 14.1 Å². The second-order valence-corrected chi connectivity index (χ2v) is 4.30. The minimum atomic E-state index is 0.727. The molecule has 6 heteroatoms. The van der Waals surface area contributed by atoms with Gasteiger partial charge in [0.05, 0.1) is 21.9 Å². The largest absolute Gasteiger partial charge is 0.232 e. The van der Waals surface area contributed by atoms with Gasteiger partial charge in [-0.2, -0.15) is 0 Å². The van der Waals surface area contributed by atoms with Crippen molar-refractivity contribution in [3.63, 3.8) is 0 Å². The first-order valence-electron chi connectivity index (χ1n) is 6.00. The maximum atomic E-state index is 10.4. The summed E-state index contributed by atoms with van der Waals surface area (Å²) in [5.74, 6) is 0. The number of nitrogens with zero attached hydrogens (tertiary/aromatic N) is 4. The summed E-state index contributed by atoms with van der Waals surface area (Å²) in [4.78, 5) is 20.9. The van der Waals surface area contributed by atoms with E-state index in [1.165, 1.54) is 10.0 Å². The molecule has 0 aliphatic rings. The Morgan fingerprint density at radius 1 is 0.650 bits per heavy atom. The lowest BCUT2D eigenvalue weighted by atomic mass is 10.0. The number of nitroso groups, excluding NO2 is 2. The van der Waals surface area contributed by atoms with E-state index in [2.05, 4.69) is 10.6 Å². The van der Waals surface area contributed by atoms with E-state index in [1.807, 2.05) is 48.5 Å².